The molecule has 2 N–H and O–H groups in total. The quantitative estimate of drug-likeness (QED) is 0.765. The van der Waals surface area contributed by atoms with Crippen molar-refractivity contribution in [1.82, 2.24) is 5.32 Å². The monoisotopic (exact) mass is 408 g/mol. The molecule has 3 rings (SSSR count). The molecule has 0 saturated carbocycles. The number of anilines is 1. The second kappa shape index (κ2) is 7.12. The first-order chi connectivity index (χ1) is 11.9. The zero-order chi connectivity index (χ0) is 18.1. The molecule has 0 radical (unpaired) electrons. The van der Waals surface area contributed by atoms with Gasteiger partial charge in [-0.1, -0.05) is 6.07 Å². The molecule has 1 amide bonds. The molecule has 2 unspecified atom stereocenters. The van der Waals surface area contributed by atoms with E-state index in [-0.39, 0.29) is 29.2 Å². The van der Waals surface area contributed by atoms with Gasteiger partial charge in [-0.2, -0.15) is 0 Å². The van der Waals surface area contributed by atoms with Gasteiger partial charge in [0, 0.05) is 24.1 Å². The molecule has 0 aromatic heterocycles. The van der Waals surface area contributed by atoms with E-state index >= 15 is 0 Å². The van der Waals surface area contributed by atoms with Crippen LogP contribution in [0.5, 0.6) is 0 Å². The number of benzene rings is 2. The van der Waals surface area contributed by atoms with Crippen LogP contribution in [0, 0.1) is 18.6 Å². The molecular weight excluding hydrogens is 390 g/mol. The molecular formula is C19H19BrF2N2O. The van der Waals surface area contributed by atoms with Crippen molar-refractivity contribution in [3.8, 4) is 0 Å². The Labute approximate surface area is 153 Å². The molecule has 0 bridgehead atoms. The maximum absolute atomic E-state index is 14.0. The van der Waals surface area contributed by atoms with E-state index in [4.69, 9.17) is 0 Å². The van der Waals surface area contributed by atoms with Gasteiger partial charge in [-0.25, -0.2) is 8.78 Å². The minimum absolute atomic E-state index is 0.0904. The summed E-state index contributed by atoms with van der Waals surface area (Å²) in [5.41, 5.74) is 2.87. The van der Waals surface area contributed by atoms with Crippen LogP contribution >= 0.6 is 15.9 Å². The van der Waals surface area contributed by atoms with Gasteiger partial charge in [0.05, 0.1) is 10.2 Å². The summed E-state index contributed by atoms with van der Waals surface area (Å²) in [5.74, 6) is -0.917. The molecule has 0 fully saturated rings. The van der Waals surface area contributed by atoms with Gasteiger partial charge >= 0.3 is 0 Å². The average molecular weight is 409 g/mol. The SMILES string of the molecule is Cc1ccc(F)c2c1C(CCNC(=O)c1ccc(Br)c(F)c1)C(C)N2. The molecule has 1 aliphatic rings. The summed E-state index contributed by atoms with van der Waals surface area (Å²) in [6.45, 7) is 4.41. The number of aryl methyl sites for hydroxylation is 1. The number of rotatable bonds is 4. The molecule has 25 heavy (non-hydrogen) atoms. The van der Waals surface area contributed by atoms with Gasteiger partial charge in [0.25, 0.3) is 5.91 Å². The predicted octanol–water partition coefficient (Wildman–Crippen LogP) is 4.75. The summed E-state index contributed by atoms with van der Waals surface area (Å²) in [6.07, 6.45) is 0.677. The van der Waals surface area contributed by atoms with E-state index < -0.39 is 5.82 Å². The highest BCUT2D eigenvalue weighted by atomic mass is 79.9. The molecule has 2 aromatic rings. The van der Waals surface area contributed by atoms with Gasteiger partial charge in [0.2, 0.25) is 0 Å². The number of carbonyl (C=O) groups is 1. The minimum atomic E-state index is -0.471. The number of halogens is 3. The number of amides is 1. The fourth-order valence-corrected chi connectivity index (χ4v) is 3.62. The number of hydrogen-bond donors (Lipinski definition) is 2. The van der Waals surface area contributed by atoms with Gasteiger partial charge < -0.3 is 10.6 Å². The maximum atomic E-state index is 14.0. The van der Waals surface area contributed by atoms with E-state index in [9.17, 15) is 13.6 Å². The van der Waals surface area contributed by atoms with E-state index in [0.717, 1.165) is 11.1 Å². The topological polar surface area (TPSA) is 41.1 Å². The van der Waals surface area contributed by atoms with Gasteiger partial charge in [0.15, 0.2) is 0 Å². The summed E-state index contributed by atoms with van der Waals surface area (Å²) in [4.78, 5) is 12.2. The maximum Gasteiger partial charge on any atom is 0.251 e. The Morgan fingerprint density at radius 1 is 1.24 bits per heavy atom. The molecule has 2 atom stereocenters. The van der Waals surface area contributed by atoms with Crippen molar-refractivity contribution in [3.63, 3.8) is 0 Å². The highest BCUT2D eigenvalue weighted by Gasteiger charge is 2.32. The van der Waals surface area contributed by atoms with Crippen LogP contribution in [0.1, 0.15) is 40.7 Å². The number of hydrogen-bond acceptors (Lipinski definition) is 2. The van der Waals surface area contributed by atoms with Crippen LogP contribution in [-0.2, 0) is 0 Å². The lowest BCUT2D eigenvalue weighted by Crippen LogP contribution is -2.27. The zero-order valence-electron chi connectivity index (χ0n) is 14.0. The standard InChI is InChI=1S/C19H19BrF2N2O/c1-10-3-6-15(21)18-17(10)13(11(2)24-18)7-8-23-19(25)12-4-5-14(20)16(22)9-12/h3-6,9,11,13,24H,7-8H2,1-2H3,(H,23,25). The molecule has 6 heteroatoms. The summed E-state index contributed by atoms with van der Waals surface area (Å²) in [5, 5.41) is 6.01. The van der Waals surface area contributed by atoms with Crippen LogP contribution in [0.25, 0.3) is 0 Å². The first-order valence-electron chi connectivity index (χ1n) is 8.17. The number of fused-ring (bicyclic) bond motifs is 1. The van der Waals surface area contributed by atoms with Crippen LogP contribution in [0.3, 0.4) is 0 Å². The van der Waals surface area contributed by atoms with E-state index in [2.05, 4.69) is 26.6 Å². The summed E-state index contributed by atoms with van der Waals surface area (Å²) in [7, 11) is 0. The lowest BCUT2D eigenvalue weighted by Gasteiger charge is -2.17. The Morgan fingerprint density at radius 2 is 2.00 bits per heavy atom. The molecule has 0 aliphatic carbocycles. The fraction of sp³-hybridized carbons (Fsp3) is 0.316. The van der Waals surface area contributed by atoms with Crippen molar-refractivity contribution in [2.24, 2.45) is 0 Å². The van der Waals surface area contributed by atoms with Crippen molar-refractivity contribution in [2.75, 3.05) is 11.9 Å². The van der Waals surface area contributed by atoms with Crippen LogP contribution in [0.4, 0.5) is 14.5 Å². The molecule has 132 valence electrons. The smallest absolute Gasteiger partial charge is 0.251 e. The van der Waals surface area contributed by atoms with Crippen molar-refractivity contribution < 1.29 is 13.6 Å². The molecule has 1 heterocycles. The van der Waals surface area contributed by atoms with Gasteiger partial charge in [0.1, 0.15) is 11.6 Å². The van der Waals surface area contributed by atoms with Crippen molar-refractivity contribution >= 4 is 27.5 Å². The average Bonchev–Trinajstić information content (AvgIpc) is 2.91. The van der Waals surface area contributed by atoms with Crippen LogP contribution in [-0.4, -0.2) is 18.5 Å². The Morgan fingerprint density at radius 3 is 2.72 bits per heavy atom. The van der Waals surface area contributed by atoms with Crippen LogP contribution < -0.4 is 10.6 Å². The van der Waals surface area contributed by atoms with E-state index in [0.29, 0.717) is 23.1 Å². The minimum Gasteiger partial charge on any atom is -0.379 e. The lowest BCUT2D eigenvalue weighted by atomic mass is 9.89. The molecule has 0 saturated heterocycles. The summed E-state index contributed by atoms with van der Waals surface area (Å²) in [6, 6.07) is 7.62. The number of carbonyl (C=O) groups excluding carboxylic acids is 1. The van der Waals surface area contributed by atoms with Crippen molar-refractivity contribution in [2.45, 2.75) is 32.2 Å². The summed E-state index contributed by atoms with van der Waals surface area (Å²) >= 11 is 3.07. The lowest BCUT2D eigenvalue weighted by molar-refractivity contribution is 0.0952. The Hall–Kier alpha value is -1.95. The molecule has 3 nitrogen and oxygen atoms in total. The molecule has 2 aromatic carbocycles. The Bertz CT molecular complexity index is 825. The van der Waals surface area contributed by atoms with Crippen molar-refractivity contribution in [1.29, 1.82) is 0 Å². The van der Waals surface area contributed by atoms with Gasteiger partial charge in [-0.3, -0.25) is 4.79 Å². The van der Waals surface area contributed by atoms with Crippen LogP contribution in [0.15, 0.2) is 34.8 Å². The van der Waals surface area contributed by atoms with Gasteiger partial charge in [-0.05, 0) is 71.6 Å². The Balaban J connectivity index is 1.66. The third-order valence-electron chi connectivity index (χ3n) is 4.68. The van der Waals surface area contributed by atoms with E-state index in [1.807, 2.05) is 13.8 Å². The first kappa shape index (κ1) is 17.9. The second-order valence-corrected chi connectivity index (χ2v) is 7.22. The summed E-state index contributed by atoms with van der Waals surface area (Å²) < 4.78 is 27.8. The fourth-order valence-electron chi connectivity index (χ4n) is 3.37. The number of nitrogens with one attached hydrogen (secondary N) is 2. The Kier molecular flexibility index (Phi) is 5.08. The normalized spacial score (nSPS) is 18.6. The second-order valence-electron chi connectivity index (χ2n) is 6.37. The van der Waals surface area contributed by atoms with Gasteiger partial charge in [-0.15, -0.1) is 0 Å². The zero-order valence-corrected chi connectivity index (χ0v) is 15.6. The largest absolute Gasteiger partial charge is 0.379 e. The third-order valence-corrected chi connectivity index (χ3v) is 5.32. The van der Waals surface area contributed by atoms with E-state index in [1.165, 1.54) is 18.2 Å². The molecule has 1 aliphatic heterocycles. The van der Waals surface area contributed by atoms with Crippen molar-refractivity contribution in [3.05, 3.63) is 63.1 Å². The molecule has 0 spiro atoms. The third kappa shape index (κ3) is 3.54. The highest BCUT2D eigenvalue weighted by Crippen LogP contribution is 2.41. The predicted molar refractivity (Wildman–Crippen MR) is 98.0 cm³/mol. The van der Waals surface area contributed by atoms with Crippen LogP contribution in [0.2, 0.25) is 0 Å². The first-order valence-corrected chi connectivity index (χ1v) is 8.96. The highest BCUT2D eigenvalue weighted by molar-refractivity contribution is 9.10. The van der Waals surface area contributed by atoms with E-state index in [1.54, 1.807) is 12.1 Å².